The Bertz CT molecular complexity index is 718. The van der Waals surface area contributed by atoms with Crippen LogP contribution in [0.4, 0.5) is 5.69 Å². The molecular formula is C20H23ClN2O2. The number of para-hydroxylation sites is 1. The maximum absolute atomic E-state index is 12.4. The smallest absolute Gasteiger partial charge is 0.260 e. The number of piperazine rings is 1. The van der Waals surface area contributed by atoms with Gasteiger partial charge in [-0.25, -0.2) is 0 Å². The predicted molar refractivity (Wildman–Crippen MR) is 102 cm³/mol. The maximum atomic E-state index is 12.4. The van der Waals surface area contributed by atoms with Gasteiger partial charge in [0.2, 0.25) is 0 Å². The predicted octanol–water partition coefficient (Wildman–Crippen LogP) is 3.68. The number of carbonyl (C=O) groups is 1. The van der Waals surface area contributed by atoms with E-state index in [-0.39, 0.29) is 12.5 Å². The number of benzene rings is 2. The fourth-order valence-corrected chi connectivity index (χ4v) is 3.38. The number of carbonyl (C=O) groups excluding carboxylic acids is 1. The van der Waals surface area contributed by atoms with Crippen LogP contribution in [0, 0.1) is 13.8 Å². The summed E-state index contributed by atoms with van der Waals surface area (Å²) in [6.07, 6.45) is 0. The molecule has 0 N–H and O–H groups in total. The van der Waals surface area contributed by atoms with Gasteiger partial charge in [-0.15, -0.1) is 0 Å². The molecule has 1 aliphatic rings. The van der Waals surface area contributed by atoms with Crippen LogP contribution in [0.3, 0.4) is 0 Å². The summed E-state index contributed by atoms with van der Waals surface area (Å²) in [7, 11) is 0. The summed E-state index contributed by atoms with van der Waals surface area (Å²) < 4.78 is 5.56. The van der Waals surface area contributed by atoms with E-state index in [1.54, 1.807) is 24.3 Å². The third-order valence-corrected chi connectivity index (χ3v) is 4.82. The lowest BCUT2D eigenvalue weighted by Crippen LogP contribution is -2.50. The van der Waals surface area contributed by atoms with Crippen molar-refractivity contribution in [2.75, 3.05) is 37.7 Å². The lowest BCUT2D eigenvalue weighted by Gasteiger charge is -2.37. The molecule has 1 amide bonds. The highest BCUT2D eigenvalue weighted by Crippen LogP contribution is 2.25. The molecule has 0 saturated carbocycles. The van der Waals surface area contributed by atoms with Crippen LogP contribution < -0.4 is 9.64 Å². The average molecular weight is 359 g/mol. The van der Waals surface area contributed by atoms with E-state index < -0.39 is 0 Å². The third-order valence-electron chi connectivity index (χ3n) is 4.56. The first-order valence-electron chi connectivity index (χ1n) is 8.52. The molecule has 1 fully saturated rings. The Morgan fingerprint density at radius 3 is 2.20 bits per heavy atom. The maximum Gasteiger partial charge on any atom is 0.260 e. The first kappa shape index (κ1) is 17.6. The van der Waals surface area contributed by atoms with Crippen LogP contribution in [0.1, 0.15) is 11.1 Å². The van der Waals surface area contributed by atoms with E-state index in [9.17, 15) is 4.79 Å². The molecule has 5 heteroatoms. The van der Waals surface area contributed by atoms with Gasteiger partial charge in [0.25, 0.3) is 5.91 Å². The topological polar surface area (TPSA) is 32.8 Å². The van der Waals surface area contributed by atoms with E-state index in [0.717, 1.165) is 26.2 Å². The van der Waals surface area contributed by atoms with Gasteiger partial charge < -0.3 is 14.5 Å². The first-order valence-corrected chi connectivity index (χ1v) is 8.89. The minimum absolute atomic E-state index is 0.0242. The highest BCUT2D eigenvalue weighted by Gasteiger charge is 2.23. The fourth-order valence-electron chi connectivity index (χ4n) is 3.25. The van der Waals surface area contributed by atoms with Gasteiger partial charge in [-0.1, -0.05) is 29.8 Å². The Morgan fingerprint density at radius 1 is 1.00 bits per heavy atom. The molecule has 0 atom stereocenters. The number of hydrogen-bond acceptors (Lipinski definition) is 3. The largest absolute Gasteiger partial charge is 0.484 e. The van der Waals surface area contributed by atoms with Crippen LogP contribution in [0.15, 0.2) is 42.5 Å². The number of ether oxygens (including phenoxy) is 1. The SMILES string of the molecule is Cc1cccc(C)c1N1CCN(C(=O)COc2ccc(Cl)cc2)CC1. The van der Waals surface area contributed by atoms with Crippen molar-refractivity contribution < 1.29 is 9.53 Å². The summed E-state index contributed by atoms with van der Waals surface area (Å²) in [5, 5.41) is 0.654. The summed E-state index contributed by atoms with van der Waals surface area (Å²) in [5.41, 5.74) is 3.86. The van der Waals surface area contributed by atoms with Crippen molar-refractivity contribution in [3.8, 4) is 5.75 Å². The zero-order valence-electron chi connectivity index (χ0n) is 14.7. The second kappa shape index (κ2) is 7.79. The minimum atomic E-state index is 0.0242. The van der Waals surface area contributed by atoms with Gasteiger partial charge in [0, 0.05) is 36.9 Å². The minimum Gasteiger partial charge on any atom is -0.484 e. The number of amides is 1. The Kier molecular flexibility index (Phi) is 5.49. The standard InChI is InChI=1S/C20H23ClN2O2/c1-15-4-3-5-16(2)20(15)23-12-10-22(11-13-23)19(24)14-25-18-8-6-17(21)7-9-18/h3-9H,10-14H2,1-2H3. The van der Waals surface area contributed by atoms with Gasteiger partial charge >= 0.3 is 0 Å². The second-order valence-electron chi connectivity index (χ2n) is 6.35. The van der Waals surface area contributed by atoms with E-state index in [1.807, 2.05) is 4.90 Å². The number of anilines is 1. The van der Waals surface area contributed by atoms with Crippen LogP contribution in [0.5, 0.6) is 5.75 Å². The Balaban J connectivity index is 1.53. The molecule has 3 rings (SSSR count). The van der Waals surface area contributed by atoms with Crippen molar-refractivity contribution in [3.05, 3.63) is 58.6 Å². The molecule has 0 unspecified atom stereocenters. The van der Waals surface area contributed by atoms with E-state index in [2.05, 4.69) is 36.9 Å². The van der Waals surface area contributed by atoms with Crippen molar-refractivity contribution in [1.29, 1.82) is 0 Å². The number of aryl methyl sites for hydroxylation is 2. The first-order chi connectivity index (χ1) is 12.0. The lowest BCUT2D eigenvalue weighted by molar-refractivity contribution is -0.133. The summed E-state index contributed by atoms with van der Waals surface area (Å²) in [6, 6.07) is 13.4. The molecule has 4 nitrogen and oxygen atoms in total. The molecule has 1 heterocycles. The zero-order chi connectivity index (χ0) is 17.8. The highest BCUT2D eigenvalue weighted by molar-refractivity contribution is 6.30. The number of halogens is 1. The van der Waals surface area contributed by atoms with Gasteiger partial charge in [0.1, 0.15) is 5.75 Å². The molecule has 0 bridgehead atoms. The van der Waals surface area contributed by atoms with Crippen LogP contribution in [0.2, 0.25) is 5.02 Å². The monoisotopic (exact) mass is 358 g/mol. The van der Waals surface area contributed by atoms with Crippen molar-refractivity contribution in [1.82, 2.24) is 4.90 Å². The normalized spacial score (nSPS) is 14.5. The van der Waals surface area contributed by atoms with E-state index in [0.29, 0.717) is 10.8 Å². The van der Waals surface area contributed by atoms with E-state index in [1.165, 1.54) is 16.8 Å². The molecule has 0 aromatic heterocycles. The van der Waals surface area contributed by atoms with Crippen molar-refractivity contribution in [2.24, 2.45) is 0 Å². The highest BCUT2D eigenvalue weighted by atomic mass is 35.5. The number of nitrogens with zero attached hydrogens (tertiary/aromatic N) is 2. The number of rotatable bonds is 4. The Morgan fingerprint density at radius 2 is 1.60 bits per heavy atom. The molecule has 0 spiro atoms. The van der Waals surface area contributed by atoms with Gasteiger partial charge in [0.15, 0.2) is 6.61 Å². The van der Waals surface area contributed by atoms with E-state index in [4.69, 9.17) is 16.3 Å². The average Bonchev–Trinajstić information content (AvgIpc) is 2.61. The van der Waals surface area contributed by atoms with Crippen LogP contribution >= 0.6 is 11.6 Å². The fraction of sp³-hybridized carbons (Fsp3) is 0.350. The molecule has 0 radical (unpaired) electrons. The summed E-state index contributed by atoms with van der Waals surface area (Å²) >= 11 is 5.85. The molecule has 132 valence electrons. The molecule has 2 aromatic carbocycles. The third kappa shape index (κ3) is 4.26. The number of hydrogen-bond donors (Lipinski definition) is 0. The Labute approximate surface area is 154 Å². The quantitative estimate of drug-likeness (QED) is 0.835. The van der Waals surface area contributed by atoms with Gasteiger partial charge in [-0.3, -0.25) is 4.79 Å². The van der Waals surface area contributed by atoms with Crippen molar-refractivity contribution in [3.63, 3.8) is 0 Å². The molecule has 25 heavy (non-hydrogen) atoms. The van der Waals surface area contributed by atoms with Gasteiger partial charge in [-0.2, -0.15) is 0 Å². The van der Waals surface area contributed by atoms with Gasteiger partial charge in [0.05, 0.1) is 0 Å². The zero-order valence-corrected chi connectivity index (χ0v) is 15.4. The van der Waals surface area contributed by atoms with Crippen molar-refractivity contribution in [2.45, 2.75) is 13.8 Å². The second-order valence-corrected chi connectivity index (χ2v) is 6.79. The van der Waals surface area contributed by atoms with Gasteiger partial charge in [-0.05, 0) is 49.2 Å². The summed E-state index contributed by atoms with van der Waals surface area (Å²) in [4.78, 5) is 16.6. The van der Waals surface area contributed by atoms with Crippen LogP contribution in [0.25, 0.3) is 0 Å². The molecule has 1 aliphatic heterocycles. The summed E-state index contributed by atoms with van der Waals surface area (Å²) in [5.74, 6) is 0.683. The molecular weight excluding hydrogens is 336 g/mol. The lowest BCUT2D eigenvalue weighted by atomic mass is 10.1. The summed E-state index contributed by atoms with van der Waals surface area (Å²) in [6.45, 7) is 7.47. The van der Waals surface area contributed by atoms with Crippen molar-refractivity contribution >= 4 is 23.2 Å². The molecule has 0 aliphatic carbocycles. The molecule has 2 aromatic rings. The van der Waals surface area contributed by atoms with Crippen LogP contribution in [-0.4, -0.2) is 43.6 Å². The van der Waals surface area contributed by atoms with Crippen LogP contribution in [-0.2, 0) is 4.79 Å². The van der Waals surface area contributed by atoms with E-state index >= 15 is 0 Å². The Hall–Kier alpha value is -2.20. The molecule has 1 saturated heterocycles.